The van der Waals surface area contributed by atoms with Gasteiger partial charge in [-0.3, -0.25) is 0 Å². The highest BCUT2D eigenvalue weighted by atomic mass is 16.5. The van der Waals surface area contributed by atoms with Crippen molar-refractivity contribution >= 4 is 0 Å². The Balaban J connectivity index is 1.81. The SMILES string of the molecule is Cc1nc(CCOc2ccc([C@@H](O)CCC(C)C)cc2)c(C)o1. The molecule has 4 nitrogen and oxygen atoms in total. The summed E-state index contributed by atoms with van der Waals surface area (Å²) in [5, 5.41) is 10.2. The zero-order valence-corrected chi connectivity index (χ0v) is 14.5. The normalized spacial score (nSPS) is 12.6. The molecule has 2 aromatic rings. The first-order chi connectivity index (χ1) is 11.0. The van der Waals surface area contributed by atoms with Gasteiger partial charge >= 0.3 is 0 Å². The number of aliphatic hydroxyl groups is 1. The predicted molar refractivity (Wildman–Crippen MR) is 90.6 cm³/mol. The van der Waals surface area contributed by atoms with Crippen molar-refractivity contribution in [2.45, 2.75) is 53.1 Å². The molecule has 0 aliphatic heterocycles. The average Bonchev–Trinajstić information content (AvgIpc) is 2.83. The molecule has 0 spiro atoms. The van der Waals surface area contributed by atoms with Crippen LogP contribution in [0.4, 0.5) is 0 Å². The summed E-state index contributed by atoms with van der Waals surface area (Å²) in [6, 6.07) is 7.70. The highest BCUT2D eigenvalue weighted by Crippen LogP contribution is 2.23. The van der Waals surface area contributed by atoms with Gasteiger partial charge in [-0.2, -0.15) is 0 Å². The molecule has 0 aliphatic carbocycles. The predicted octanol–water partition coefficient (Wildman–Crippen LogP) is 4.38. The molecule has 23 heavy (non-hydrogen) atoms. The van der Waals surface area contributed by atoms with E-state index in [-0.39, 0.29) is 0 Å². The number of aryl methyl sites for hydroxylation is 2. The molecule has 2 rings (SSSR count). The Kier molecular flexibility index (Phi) is 6.22. The second-order valence-corrected chi connectivity index (χ2v) is 6.39. The fraction of sp³-hybridized carbons (Fsp3) is 0.526. The summed E-state index contributed by atoms with van der Waals surface area (Å²) in [4.78, 5) is 4.33. The van der Waals surface area contributed by atoms with Gasteiger partial charge in [0.15, 0.2) is 5.89 Å². The van der Waals surface area contributed by atoms with Crippen LogP contribution in [0, 0.1) is 19.8 Å². The molecule has 0 bridgehead atoms. The van der Waals surface area contributed by atoms with Crippen molar-refractivity contribution in [1.82, 2.24) is 4.98 Å². The Labute approximate surface area is 138 Å². The highest BCUT2D eigenvalue weighted by molar-refractivity contribution is 5.28. The van der Waals surface area contributed by atoms with E-state index >= 15 is 0 Å². The first-order valence-electron chi connectivity index (χ1n) is 8.29. The van der Waals surface area contributed by atoms with Gasteiger partial charge in [-0.25, -0.2) is 4.98 Å². The second kappa shape index (κ2) is 8.16. The molecular weight excluding hydrogens is 290 g/mol. The summed E-state index contributed by atoms with van der Waals surface area (Å²) < 4.78 is 11.1. The maximum absolute atomic E-state index is 10.2. The first kappa shape index (κ1) is 17.5. The van der Waals surface area contributed by atoms with Crippen LogP contribution in [0.5, 0.6) is 5.75 Å². The number of ether oxygens (including phenoxy) is 1. The monoisotopic (exact) mass is 317 g/mol. The van der Waals surface area contributed by atoms with E-state index in [0.717, 1.165) is 42.0 Å². The van der Waals surface area contributed by atoms with Crippen molar-refractivity contribution < 1.29 is 14.3 Å². The Bertz CT molecular complexity index is 602. The van der Waals surface area contributed by atoms with E-state index in [1.165, 1.54) is 0 Å². The Morgan fingerprint density at radius 1 is 1.13 bits per heavy atom. The van der Waals surface area contributed by atoms with Crippen LogP contribution in [-0.4, -0.2) is 16.7 Å². The molecule has 126 valence electrons. The maximum atomic E-state index is 10.2. The van der Waals surface area contributed by atoms with Gasteiger partial charge in [0, 0.05) is 13.3 Å². The Morgan fingerprint density at radius 2 is 1.83 bits per heavy atom. The Hall–Kier alpha value is -1.81. The van der Waals surface area contributed by atoms with E-state index in [0.29, 0.717) is 18.4 Å². The third-order valence-electron chi connectivity index (χ3n) is 3.89. The van der Waals surface area contributed by atoms with Crippen LogP contribution in [-0.2, 0) is 6.42 Å². The second-order valence-electron chi connectivity index (χ2n) is 6.39. The van der Waals surface area contributed by atoms with Crippen molar-refractivity contribution in [2.24, 2.45) is 5.92 Å². The average molecular weight is 317 g/mol. The zero-order valence-electron chi connectivity index (χ0n) is 14.5. The zero-order chi connectivity index (χ0) is 16.8. The van der Waals surface area contributed by atoms with E-state index in [9.17, 15) is 5.11 Å². The first-order valence-corrected chi connectivity index (χ1v) is 8.29. The minimum Gasteiger partial charge on any atom is -0.493 e. The molecule has 1 heterocycles. The summed E-state index contributed by atoms with van der Waals surface area (Å²) in [6.07, 6.45) is 2.15. The van der Waals surface area contributed by atoms with Gasteiger partial charge < -0.3 is 14.3 Å². The van der Waals surface area contributed by atoms with Gasteiger partial charge in [0.2, 0.25) is 0 Å². The van der Waals surface area contributed by atoms with Crippen LogP contribution in [0.25, 0.3) is 0 Å². The van der Waals surface area contributed by atoms with Crippen molar-refractivity contribution in [3.05, 3.63) is 47.2 Å². The number of aromatic nitrogens is 1. The van der Waals surface area contributed by atoms with Crippen LogP contribution in [0.15, 0.2) is 28.7 Å². The van der Waals surface area contributed by atoms with E-state index in [2.05, 4.69) is 18.8 Å². The van der Waals surface area contributed by atoms with E-state index < -0.39 is 6.10 Å². The molecule has 1 N–H and O–H groups in total. The summed E-state index contributed by atoms with van der Waals surface area (Å²) in [5.74, 6) is 2.96. The third kappa shape index (κ3) is 5.39. The van der Waals surface area contributed by atoms with Gasteiger partial charge in [-0.05, 0) is 43.4 Å². The van der Waals surface area contributed by atoms with Gasteiger partial charge in [-0.1, -0.05) is 26.0 Å². The fourth-order valence-corrected chi connectivity index (χ4v) is 2.51. The minimum absolute atomic E-state index is 0.396. The lowest BCUT2D eigenvalue weighted by Gasteiger charge is -2.13. The molecule has 1 aromatic carbocycles. The summed E-state index contributed by atoms with van der Waals surface area (Å²) >= 11 is 0. The summed E-state index contributed by atoms with van der Waals surface area (Å²) in [7, 11) is 0. The number of aliphatic hydroxyl groups excluding tert-OH is 1. The standard InChI is InChI=1S/C19H27NO3/c1-13(2)5-10-19(21)16-6-8-17(9-7-16)22-12-11-18-14(3)23-15(4)20-18/h6-9,13,19,21H,5,10-12H2,1-4H3/t19-/m0/s1. The largest absolute Gasteiger partial charge is 0.493 e. The van der Waals surface area contributed by atoms with Crippen LogP contribution in [0.3, 0.4) is 0 Å². The summed E-state index contributed by atoms with van der Waals surface area (Å²) in [6.45, 7) is 8.66. The number of hydrogen-bond donors (Lipinski definition) is 1. The molecule has 0 amide bonds. The van der Waals surface area contributed by atoms with Crippen LogP contribution in [0.2, 0.25) is 0 Å². The van der Waals surface area contributed by atoms with Gasteiger partial charge in [-0.15, -0.1) is 0 Å². The number of oxazole rings is 1. The van der Waals surface area contributed by atoms with Crippen molar-refractivity contribution in [2.75, 3.05) is 6.61 Å². The molecule has 1 aromatic heterocycles. The molecular formula is C19H27NO3. The van der Waals surface area contributed by atoms with Crippen molar-refractivity contribution in [3.63, 3.8) is 0 Å². The molecule has 0 aliphatic rings. The van der Waals surface area contributed by atoms with E-state index in [4.69, 9.17) is 9.15 Å². The maximum Gasteiger partial charge on any atom is 0.191 e. The minimum atomic E-state index is -0.396. The topological polar surface area (TPSA) is 55.5 Å². The van der Waals surface area contributed by atoms with Gasteiger partial charge in [0.1, 0.15) is 11.5 Å². The molecule has 0 saturated heterocycles. The van der Waals surface area contributed by atoms with Crippen LogP contribution >= 0.6 is 0 Å². The van der Waals surface area contributed by atoms with E-state index in [1.807, 2.05) is 38.1 Å². The Morgan fingerprint density at radius 3 is 2.39 bits per heavy atom. The van der Waals surface area contributed by atoms with Crippen molar-refractivity contribution in [1.29, 1.82) is 0 Å². The highest BCUT2D eigenvalue weighted by Gasteiger charge is 2.09. The quantitative estimate of drug-likeness (QED) is 0.785. The number of benzene rings is 1. The fourth-order valence-electron chi connectivity index (χ4n) is 2.51. The van der Waals surface area contributed by atoms with Gasteiger partial charge in [0.25, 0.3) is 0 Å². The van der Waals surface area contributed by atoms with Crippen LogP contribution in [0.1, 0.15) is 55.7 Å². The summed E-state index contributed by atoms with van der Waals surface area (Å²) in [5.41, 5.74) is 1.89. The van der Waals surface area contributed by atoms with Crippen LogP contribution < -0.4 is 4.74 Å². The number of hydrogen-bond acceptors (Lipinski definition) is 4. The molecule has 0 unspecified atom stereocenters. The molecule has 0 saturated carbocycles. The third-order valence-corrected chi connectivity index (χ3v) is 3.89. The van der Waals surface area contributed by atoms with Gasteiger partial charge in [0.05, 0.1) is 18.4 Å². The lowest BCUT2D eigenvalue weighted by molar-refractivity contribution is 0.159. The lowest BCUT2D eigenvalue weighted by atomic mass is 10.00. The molecule has 1 atom stereocenters. The lowest BCUT2D eigenvalue weighted by Crippen LogP contribution is -2.03. The smallest absolute Gasteiger partial charge is 0.191 e. The van der Waals surface area contributed by atoms with E-state index in [1.54, 1.807) is 0 Å². The van der Waals surface area contributed by atoms with Crippen molar-refractivity contribution in [3.8, 4) is 5.75 Å². The molecule has 0 radical (unpaired) electrons. The number of rotatable bonds is 8. The molecule has 4 heteroatoms. The molecule has 0 fully saturated rings. The number of nitrogens with zero attached hydrogens (tertiary/aromatic N) is 1.